The predicted octanol–water partition coefficient (Wildman–Crippen LogP) is 4.55. The Morgan fingerprint density at radius 1 is 1.16 bits per heavy atom. The van der Waals surface area contributed by atoms with Crippen molar-refractivity contribution in [2.75, 3.05) is 51.8 Å². The number of methoxy groups -OCH3 is 1. The first-order valence-corrected chi connectivity index (χ1v) is 15.7. The van der Waals surface area contributed by atoms with Crippen LogP contribution in [0.5, 0.6) is 0 Å². The number of ether oxygens (including phenoxy) is 1. The summed E-state index contributed by atoms with van der Waals surface area (Å²) in [5, 5.41) is 14.8. The molecule has 1 unspecified atom stereocenters. The molecule has 7 rings (SSSR count). The molecular formula is C32H35N7O3S. The lowest BCUT2D eigenvalue weighted by Gasteiger charge is -2.29. The van der Waals surface area contributed by atoms with Crippen LogP contribution in [0.2, 0.25) is 0 Å². The summed E-state index contributed by atoms with van der Waals surface area (Å²) in [6.45, 7) is 2.97. The molecule has 3 aliphatic rings. The number of carbonyl (C=O) groups excluding carboxylic acids is 2. The standard InChI is InChI=1S/C32H35N7O3S/c1-42-20-32(9-14-38(19-32)18-28(40)39-12-7-22(8-13-39)30-34-11-15-43-30)31(41)35-24-4-5-26-25(17-24)29(37-36-26)23-6-10-33-27(16-23)21-2-3-21/h4-7,10-11,15-17,21H,2-3,8-9,12-14,18-20H2,1H3,(H,35,41)(H,36,37). The number of rotatable bonds is 9. The molecule has 3 aromatic heterocycles. The number of nitrogens with zero attached hydrogens (tertiary/aromatic N) is 5. The summed E-state index contributed by atoms with van der Waals surface area (Å²) in [6, 6.07) is 9.92. The zero-order chi connectivity index (χ0) is 29.4. The number of hydrogen-bond acceptors (Lipinski definition) is 8. The van der Waals surface area contributed by atoms with Crippen LogP contribution in [0.25, 0.3) is 27.7 Å². The molecule has 1 saturated carbocycles. The van der Waals surface area contributed by atoms with Gasteiger partial charge < -0.3 is 15.0 Å². The summed E-state index contributed by atoms with van der Waals surface area (Å²) in [6.07, 6.45) is 9.57. The SMILES string of the molecule is COCC1(C(=O)Nc2ccc3[nH]nc(-c4ccnc(C5CC5)c4)c3c2)CCN(CC(=O)N2CC=C(c3nccs3)CC2)C1. The lowest BCUT2D eigenvalue weighted by molar-refractivity contribution is -0.133. The van der Waals surface area contributed by atoms with Crippen molar-refractivity contribution in [3.63, 3.8) is 0 Å². The van der Waals surface area contributed by atoms with E-state index < -0.39 is 5.41 Å². The van der Waals surface area contributed by atoms with Crippen LogP contribution in [0.15, 0.2) is 54.2 Å². The number of thiazole rings is 1. The quantitative estimate of drug-likeness (QED) is 0.291. The molecule has 0 spiro atoms. The zero-order valence-corrected chi connectivity index (χ0v) is 25.0. The average molecular weight is 598 g/mol. The van der Waals surface area contributed by atoms with Gasteiger partial charge in [0.25, 0.3) is 0 Å². The van der Waals surface area contributed by atoms with E-state index in [1.807, 2.05) is 46.9 Å². The van der Waals surface area contributed by atoms with Crippen molar-refractivity contribution in [1.29, 1.82) is 0 Å². The van der Waals surface area contributed by atoms with Crippen LogP contribution >= 0.6 is 11.3 Å². The summed E-state index contributed by atoms with van der Waals surface area (Å²) in [5.41, 5.74) is 5.05. The third-order valence-electron chi connectivity index (χ3n) is 8.83. The van der Waals surface area contributed by atoms with Gasteiger partial charge in [0.15, 0.2) is 0 Å². The second-order valence-electron chi connectivity index (χ2n) is 11.9. The first kappa shape index (κ1) is 27.9. The molecule has 2 amide bonds. The van der Waals surface area contributed by atoms with Crippen molar-refractivity contribution in [2.45, 2.75) is 31.6 Å². The fraction of sp³-hybridized carbons (Fsp3) is 0.406. The van der Waals surface area contributed by atoms with Crippen molar-refractivity contribution >= 4 is 45.3 Å². The largest absolute Gasteiger partial charge is 0.384 e. The van der Waals surface area contributed by atoms with Gasteiger partial charge in [-0.1, -0.05) is 6.08 Å². The van der Waals surface area contributed by atoms with Gasteiger partial charge in [0.1, 0.15) is 10.7 Å². The fourth-order valence-electron chi connectivity index (χ4n) is 6.27. The number of likely N-dealkylation sites (tertiary alicyclic amines) is 1. The normalized spacial score (nSPS) is 20.9. The van der Waals surface area contributed by atoms with E-state index in [0.29, 0.717) is 44.2 Å². The molecule has 1 aromatic carbocycles. The Labute approximate surface area is 254 Å². The molecule has 2 fully saturated rings. The summed E-state index contributed by atoms with van der Waals surface area (Å²) < 4.78 is 5.56. The van der Waals surface area contributed by atoms with Gasteiger partial charge in [-0.25, -0.2) is 4.98 Å². The Morgan fingerprint density at radius 3 is 2.84 bits per heavy atom. The molecule has 1 aliphatic carbocycles. The van der Waals surface area contributed by atoms with Crippen molar-refractivity contribution in [2.24, 2.45) is 5.41 Å². The number of hydrogen-bond donors (Lipinski definition) is 2. The minimum absolute atomic E-state index is 0.0851. The molecule has 222 valence electrons. The van der Waals surface area contributed by atoms with E-state index in [2.05, 4.69) is 42.5 Å². The van der Waals surface area contributed by atoms with E-state index in [1.54, 1.807) is 18.4 Å². The molecule has 2 aliphatic heterocycles. The molecule has 1 atom stereocenters. The maximum atomic E-state index is 13.8. The lowest BCUT2D eigenvalue weighted by atomic mass is 9.87. The number of aromatic nitrogens is 4. The monoisotopic (exact) mass is 597 g/mol. The van der Waals surface area contributed by atoms with E-state index in [9.17, 15) is 9.59 Å². The van der Waals surface area contributed by atoms with Gasteiger partial charge in [-0.3, -0.25) is 24.6 Å². The molecule has 0 radical (unpaired) electrons. The Balaban J connectivity index is 1.02. The first-order chi connectivity index (χ1) is 21.0. The number of amides is 2. The summed E-state index contributed by atoms with van der Waals surface area (Å²) >= 11 is 1.63. The van der Waals surface area contributed by atoms with Gasteiger partial charge in [-0.15, -0.1) is 11.3 Å². The lowest BCUT2D eigenvalue weighted by Crippen LogP contribution is -2.45. The van der Waals surface area contributed by atoms with Gasteiger partial charge in [0.2, 0.25) is 11.8 Å². The number of carbonyl (C=O) groups is 2. The van der Waals surface area contributed by atoms with Gasteiger partial charge in [0.05, 0.1) is 24.1 Å². The Morgan fingerprint density at radius 2 is 2.07 bits per heavy atom. The predicted molar refractivity (Wildman–Crippen MR) is 167 cm³/mol. The van der Waals surface area contributed by atoms with E-state index >= 15 is 0 Å². The van der Waals surface area contributed by atoms with Crippen LogP contribution in [0.3, 0.4) is 0 Å². The number of fused-ring (bicyclic) bond motifs is 1. The second kappa shape index (κ2) is 11.6. The van der Waals surface area contributed by atoms with Gasteiger partial charge in [0, 0.05) is 72.8 Å². The number of pyridine rings is 1. The minimum atomic E-state index is -0.743. The zero-order valence-electron chi connectivity index (χ0n) is 24.2. The Hall–Kier alpha value is -3.93. The number of nitrogens with one attached hydrogen (secondary N) is 2. The molecule has 5 heterocycles. The topological polar surface area (TPSA) is 116 Å². The van der Waals surface area contributed by atoms with Crippen molar-refractivity contribution in [3.05, 3.63) is 64.9 Å². The van der Waals surface area contributed by atoms with Crippen molar-refractivity contribution in [3.8, 4) is 11.3 Å². The van der Waals surface area contributed by atoms with E-state index in [1.165, 1.54) is 18.4 Å². The molecule has 2 N–H and O–H groups in total. The Kier molecular flexibility index (Phi) is 7.54. The van der Waals surface area contributed by atoms with E-state index in [-0.39, 0.29) is 25.0 Å². The highest BCUT2D eigenvalue weighted by molar-refractivity contribution is 7.10. The number of aromatic amines is 1. The van der Waals surface area contributed by atoms with E-state index in [4.69, 9.17) is 4.74 Å². The number of anilines is 1. The van der Waals surface area contributed by atoms with Crippen LogP contribution in [-0.4, -0.2) is 88.2 Å². The van der Waals surface area contributed by atoms with Gasteiger partial charge in [-0.2, -0.15) is 5.10 Å². The third-order valence-corrected chi connectivity index (χ3v) is 9.68. The van der Waals surface area contributed by atoms with E-state index in [0.717, 1.165) is 39.3 Å². The highest BCUT2D eigenvalue weighted by Gasteiger charge is 2.45. The summed E-state index contributed by atoms with van der Waals surface area (Å²) in [5.74, 6) is 0.543. The maximum absolute atomic E-state index is 13.8. The van der Waals surface area contributed by atoms with Crippen LogP contribution in [0, 0.1) is 5.41 Å². The molecule has 4 aromatic rings. The summed E-state index contributed by atoms with van der Waals surface area (Å²) in [4.78, 5) is 39.9. The van der Waals surface area contributed by atoms with Crippen molar-refractivity contribution in [1.82, 2.24) is 30.0 Å². The van der Waals surface area contributed by atoms with Crippen molar-refractivity contribution < 1.29 is 14.3 Å². The number of H-pyrrole nitrogens is 1. The maximum Gasteiger partial charge on any atom is 0.237 e. The highest BCUT2D eigenvalue weighted by atomic mass is 32.1. The number of benzene rings is 1. The molecule has 43 heavy (non-hydrogen) atoms. The van der Waals surface area contributed by atoms with Crippen LogP contribution in [0.1, 0.15) is 42.3 Å². The molecule has 0 bridgehead atoms. The smallest absolute Gasteiger partial charge is 0.237 e. The average Bonchev–Trinajstić information content (AvgIpc) is 3.38. The molecular weight excluding hydrogens is 562 g/mol. The van der Waals surface area contributed by atoms with Crippen LogP contribution in [-0.2, 0) is 14.3 Å². The van der Waals surface area contributed by atoms with Crippen LogP contribution < -0.4 is 5.32 Å². The molecule has 1 saturated heterocycles. The third kappa shape index (κ3) is 5.72. The highest BCUT2D eigenvalue weighted by Crippen LogP contribution is 2.40. The Bertz CT molecular complexity index is 1680. The van der Waals surface area contributed by atoms with Crippen LogP contribution in [0.4, 0.5) is 5.69 Å². The first-order valence-electron chi connectivity index (χ1n) is 14.9. The minimum Gasteiger partial charge on any atom is -0.384 e. The summed E-state index contributed by atoms with van der Waals surface area (Å²) in [7, 11) is 1.62. The molecule has 10 nitrogen and oxygen atoms in total. The molecule has 11 heteroatoms. The van der Waals surface area contributed by atoms with Gasteiger partial charge >= 0.3 is 0 Å². The second-order valence-corrected chi connectivity index (χ2v) is 12.8. The van der Waals surface area contributed by atoms with Gasteiger partial charge in [-0.05, 0) is 68.1 Å². The fourth-order valence-corrected chi connectivity index (χ4v) is 6.98.